The maximum absolute atomic E-state index is 12.8. The highest BCUT2D eigenvalue weighted by Crippen LogP contribution is 2.32. The molecule has 1 atom stereocenters. The molecule has 2 rings (SSSR count). The first-order valence-corrected chi connectivity index (χ1v) is 8.42. The van der Waals surface area contributed by atoms with E-state index in [4.69, 9.17) is 5.26 Å². The van der Waals surface area contributed by atoms with Crippen LogP contribution in [0, 0.1) is 17.2 Å². The van der Waals surface area contributed by atoms with Crippen molar-refractivity contribution in [1.29, 1.82) is 5.26 Å². The van der Waals surface area contributed by atoms with Crippen LogP contribution in [0.3, 0.4) is 0 Å². The topological polar surface area (TPSA) is 83.2 Å². The molecular weight excluding hydrogens is 309 g/mol. The number of carbonyl (C=O) groups is 1. The van der Waals surface area contributed by atoms with E-state index in [1.807, 2.05) is 26.8 Å². The Bertz CT molecular complexity index is 740. The van der Waals surface area contributed by atoms with Gasteiger partial charge in [0, 0.05) is 30.6 Å². The van der Waals surface area contributed by atoms with E-state index in [1.165, 1.54) is 4.90 Å². The van der Waals surface area contributed by atoms with Crippen LogP contribution < -0.4 is 4.90 Å². The molecule has 6 nitrogen and oxygen atoms in total. The van der Waals surface area contributed by atoms with Crippen molar-refractivity contribution in [2.75, 3.05) is 17.2 Å². The Morgan fingerprint density at radius 2 is 2.09 bits per heavy atom. The second kappa shape index (κ2) is 5.39. The Hall–Kier alpha value is -1.88. The fourth-order valence-corrected chi connectivity index (χ4v) is 3.44. The van der Waals surface area contributed by atoms with Crippen molar-refractivity contribution >= 4 is 21.9 Å². The fourth-order valence-electron chi connectivity index (χ4n) is 2.65. The Morgan fingerprint density at radius 1 is 1.45 bits per heavy atom. The SMILES string of the molecule is CC(C)(C)n1cc(C#N)cc1N1CC(CS(=O)(=O)F)CC1=O. The summed E-state index contributed by atoms with van der Waals surface area (Å²) in [5.41, 5.74) is 0.0638. The first-order valence-electron chi connectivity index (χ1n) is 6.87. The number of rotatable bonds is 3. The predicted molar refractivity (Wildman–Crippen MR) is 79.5 cm³/mol. The molecule has 0 N–H and O–H groups in total. The number of anilines is 1. The van der Waals surface area contributed by atoms with Crippen LogP contribution in [0.25, 0.3) is 0 Å². The summed E-state index contributed by atoms with van der Waals surface area (Å²) in [6.07, 6.45) is 1.64. The largest absolute Gasteiger partial charge is 0.328 e. The molecule has 1 aromatic rings. The van der Waals surface area contributed by atoms with Gasteiger partial charge in [-0.25, -0.2) is 0 Å². The lowest BCUT2D eigenvalue weighted by Crippen LogP contribution is -2.32. The second-order valence-corrected chi connectivity index (χ2v) is 7.93. The van der Waals surface area contributed by atoms with Gasteiger partial charge in [-0.2, -0.15) is 13.7 Å². The van der Waals surface area contributed by atoms with E-state index in [-0.39, 0.29) is 24.4 Å². The van der Waals surface area contributed by atoms with Gasteiger partial charge in [-0.05, 0) is 26.8 Å². The lowest BCUT2D eigenvalue weighted by atomic mass is 10.1. The van der Waals surface area contributed by atoms with Crippen molar-refractivity contribution in [3.8, 4) is 6.07 Å². The zero-order valence-corrected chi connectivity index (χ0v) is 13.5. The van der Waals surface area contributed by atoms with Gasteiger partial charge in [0.2, 0.25) is 5.91 Å². The number of amides is 1. The molecule has 0 aliphatic carbocycles. The lowest BCUT2D eigenvalue weighted by Gasteiger charge is -2.28. The number of halogens is 1. The molecule has 2 heterocycles. The van der Waals surface area contributed by atoms with E-state index in [0.717, 1.165) is 0 Å². The number of nitriles is 1. The summed E-state index contributed by atoms with van der Waals surface area (Å²) < 4.78 is 36.2. The van der Waals surface area contributed by atoms with Crippen LogP contribution in [0.2, 0.25) is 0 Å². The molecule has 0 bridgehead atoms. The van der Waals surface area contributed by atoms with Crippen molar-refractivity contribution in [2.24, 2.45) is 5.92 Å². The normalized spacial score (nSPS) is 19.5. The minimum atomic E-state index is -4.61. The number of carbonyl (C=O) groups excluding carboxylic acids is 1. The Morgan fingerprint density at radius 3 is 2.59 bits per heavy atom. The average molecular weight is 327 g/mol. The van der Waals surface area contributed by atoms with Crippen LogP contribution >= 0.6 is 0 Å². The van der Waals surface area contributed by atoms with Crippen LogP contribution in [0.4, 0.5) is 9.70 Å². The fraction of sp³-hybridized carbons (Fsp3) is 0.571. The predicted octanol–water partition coefficient (Wildman–Crippen LogP) is 1.77. The van der Waals surface area contributed by atoms with Crippen molar-refractivity contribution in [2.45, 2.75) is 32.7 Å². The first-order chi connectivity index (χ1) is 10.0. The van der Waals surface area contributed by atoms with Gasteiger partial charge < -0.3 is 4.57 Å². The standard InChI is InChI=1S/C14H18FN3O3S/c1-14(2,3)18-8-10(6-16)4-12(18)17-7-11(5-13(17)19)9-22(15,20)21/h4,8,11H,5,7,9H2,1-3H3. The number of aromatic nitrogens is 1. The van der Waals surface area contributed by atoms with E-state index < -0.39 is 21.9 Å². The van der Waals surface area contributed by atoms with Crippen LogP contribution in [0.15, 0.2) is 12.3 Å². The highest BCUT2D eigenvalue weighted by Gasteiger charge is 2.36. The van der Waals surface area contributed by atoms with Gasteiger partial charge in [0.15, 0.2) is 0 Å². The molecule has 0 spiro atoms. The minimum absolute atomic E-state index is 0.0135. The van der Waals surface area contributed by atoms with E-state index in [1.54, 1.807) is 16.8 Å². The Labute approximate surface area is 129 Å². The quantitative estimate of drug-likeness (QED) is 0.792. The monoisotopic (exact) mass is 327 g/mol. The molecule has 1 unspecified atom stereocenters. The maximum Gasteiger partial charge on any atom is 0.302 e. The number of hydrogen-bond acceptors (Lipinski definition) is 4. The zero-order valence-electron chi connectivity index (χ0n) is 12.7. The van der Waals surface area contributed by atoms with Gasteiger partial charge in [0.25, 0.3) is 0 Å². The first kappa shape index (κ1) is 16.5. The molecule has 0 aromatic carbocycles. The smallest absolute Gasteiger partial charge is 0.302 e. The molecule has 1 aromatic heterocycles. The van der Waals surface area contributed by atoms with Crippen molar-refractivity contribution in [3.05, 3.63) is 17.8 Å². The summed E-state index contributed by atoms with van der Waals surface area (Å²) in [4.78, 5) is 13.6. The molecule has 1 fully saturated rings. The molecule has 120 valence electrons. The molecule has 0 radical (unpaired) electrons. The van der Waals surface area contributed by atoms with Crippen LogP contribution in [0.5, 0.6) is 0 Å². The molecule has 8 heteroatoms. The molecule has 1 amide bonds. The van der Waals surface area contributed by atoms with Crippen molar-refractivity contribution in [1.82, 2.24) is 4.57 Å². The summed E-state index contributed by atoms with van der Waals surface area (Å²) in [5, 5.41) is 9.06. The summed E-state index contributed by atoms with van der Waals surface area (Å²) in [7, 11) is -4.61. The van der Waals surface area contributed by atoms with Gasteiger partial charge in [-0.3, -0.25) is 9.69 Å². The minimum Gasteiger partial charge on any atom is -0.328 e. The number of nitrogens with zero attached hydrogens (tertiary/aromatic N) is 3. The highest BCUT2D eigenvalue weighted by atomic mass is 32.3. The molecule has 1 aliphatic heterocycles. The van der Waals surface area contributed by atoms with E-state index in [2.05, 4.69) is 0 Å². The molecular formula is C14H18FN3O3S. The zero-order chi connectivity index (χ0) is 16.7. The third kappa shape index (κ3) is 3.47. The Balaban J connectivity index is 2.35. The molecule has 1 saturated heterocycles. The van der Waals surface area contributed by atoms with E-state index in [9.17, 15) is 17.1 Å². The average Bonchev–Trinajstić information content (AvgIpc) is 2.89. The van der Waals surface area contributed by atoms with Crippen LogP contribution in [-0.4, -0.2) is 31.2 Å². The molecule has 1 aliphatic rings. The molecule has 0 saturated carbocycles. The van der Waals surface area contributed by atoms with Crippen LogP contribution in [-0.2, 0) is 20.6 Å². The highest BCUT2D eigenvalue weighted by molar-refractivity contribution is 7.86. The summed E-state index contributed by atoms with van der Waals surface area (Å²) in [6.45, 7) is 5.93. The summed E-state index contributed by atoms with van der Waals surface area (Å²) >= 11 is 0. The van der Waals surface area contributed by atoms with E-state index in [0.29, 0.717) is 11.4 Å². The van der Waals surface area contributed by atoms with Crippen molar-refractivity contribution < 1.29 is 17.1 Å². The van der Waals surface area contributed by atoms with Crippen molar-refractivity contribution in [3.63, 3.8) is 0 Å². The number of hydrogen-bond donors (Lipinski definition) is 0. The Kier molecular flexibility index (Phi) is 4.04. The third-order valence-corrected chi connectivity index (χ3v) is 4.44. The summed E-state index contributed by atoms with van der Waals surface area (Å²) in [5.74, 6) is -0.956. The summed E-state index contributed by atoms with van der Waals surface area (Å²) in [6, 6.07) is 3.63. The van der Waals surface area contributed by atoms with E-state index >= 15 is 0 Å². The van der Waals surface area contributed by atoms with Gasteiger partial charge in [-0.1, -0.05) is 0 Å². The van der Waals surface area contributed by atoms with Crippen LogP contribution in [0.1, 0.15) is 32.8 Å². The van der Waals surface area contributed by atoms with Gasteiger partial charge in [-0.15, -0.1) is 3.89 Å². The second-order valence-electron chi connectivity index (χ2n) is 6.52. The van der Waals surface area contributed by atoms with Gasteiger partial charge >= 0.3 is 10.2 Å². The van der Waals surface area contributed by atoms with Gasteiger partial charge in [0.05, 0.1) is 11.3 Å². The third-order valence-electron chi connectivity index (χ3n) is 3.57. The molecule has 22 heavy (non-hydrogen) atoms. The maximum atomic E-state index is 12.8. The lowest BCUT2D eigenvalue weighted by molar-refractivity contribution is -0.117. The van der Waals surface area contributed by atoms with Gasteiger partial charge in [0.1, 0.15) is 11.9 Å².